The summed E-state index contributed by atoms with van der Waals surface area (Å²) in [5, 5.41) is 3.92. The first-order valence-corrected chi connectivity index (χ1v) is 12.6. The van der Waals surface area contributed by atoms with Crippen LogP contribution in [0.5, 0.6) is 5.75 Å². The minimum Gasteiger partial charge on any atom is -0.484 e. The van der Waals surface area contributed by atoms with Gasteiger partial charge in [0.1, 0.15) is 5.75 Å². The van der Waals surface area contributed by atoms with E-state index in [1.807, 2.05) is 37.3 Å². The molecule has 2 amide bonds. The van der Waals surface area contributed by atoms with Crippen LogP contribution in [0.1, 0.15) is 16.7 Å². The van der Waals surface area contributed by atoms with Crippen LogP contribution in [0.3, 0.4) is 0 Å². The first kappa shape index (κ1) is 26.6. The van der Waals surface area contributed by atoms with Gasteiger partial charge in [-0.15, -0.1) is 0 Å². The molecule has 10 heteroatoms. The molecule has 0 aliphatic rings. The van der Waals surface area contributed by atoms with Crippen LogP contribution in [0, 0.1) is 6.92 Å². The summed E-state index contributed by atoms with van der Waals surface area (Å²) in [6.07, 6.45) is 1.87. The summed E-state index contributed by atoms with van der Waals surface area (Å²) in [5.41, 5.74) is 9.98. The summed E-state index contributed by atoms with van der Waals surface area (Å²) in [7, 11) is -3.90. The van der Waals surface area contributed by atoms with Gasteiger partial charge in [-0.1, -0.05) is 48.0 Å². The summed E-state index contributed by atoms with van der Waals surface area (Å²) < 4.78 is 32.9. The number of rotatable bonds is 12. The molecular formula is C26H28N4O5S. The maximum atomic E-state index is 13.3. The Bertz CT molecular complexity index is 1290. The highest BCUT2D eigenvalue weighted by atomic mass is 32.2. The number of hydrogen-bond acceptors (Lipinski definition) is 6. The van der Waals surface area contributed by atoms with Gasteiger partial charge in [-0.25, -0.2) is 13.8 Å². The van der Waals surface area contributed by atoms with Gasteiger partial charge in [0.2, 0.25) is 10.0 Å². The van der Waals surface area contributed by atoms with Crippen molar-refractivity contribution in [3.63, 3.8) is 0 Å². The van der Waals surface area contributed by atoms with Crippen molar-refractivity contribution in [1.29, 1.82) is 0 Å². The Balaban J connectivity index is 1.66. The number of amides is 2. The van der Waals surface area contributed by atoms with Gasteiger partial charge >= 0.3 is 0 Å². The van der Waals surface area contributed by atoms with Gasteiger partial charge in [0.15, 0.2) is 6.61 Å². The first-order chi connectivity index (χ1) is 17.2. The zero-order valence-corrected chi connectivity index (χ0v) is 20.6. The highest BCUT2D eigenvalue weighted by Crippen LogP contribution is 2.17. The number of nitrogens with one attached hydrogen (secondary N) is 1. The van der Waals surface area contributed by atoms with E-state index >= 15 is 0 Å². The summed E-state index contributed by atoms with van der Waals surface area (Å²) >= 11 is 0. The summed E-state index contributed by atoms with van der Waals surface area (Å²) in [4.78, 5) is 23.5. The minimum absolute atomic E-state index is 0.121. The van der Waals surface area contributed by atoms with Crippen LogP contribution in [-0.2, 0) is 26.0 Å². The number of carbonyl (C=O) groups excluding carboxylic acids is 2. The summed E-state index contributed by atoms with van der Waals surface area (Å²) in [6, 6.07) is 22.6. The van der Waals surface area contributed by atoms with Crippen LogP contribution < -0.4 is 15.9 Å². The molecule has 0 unspecified atom stereocenters. The number of hydrogen-bond donors (Lipinski definition) is 2. The van der Waals surface area contributed by atoms with Crippen molar-refractivity contribution in [2.24, 2.45) is 10.8 Å². The molecule has 0 aromatic heterocycles. The Kier molecular flexibility index (Phi) is 9.32. The molecule has 0 atom stereocenters. The molecule has 0 heterocycles. The van der Waals surface area contributed by atoms with Gasteiger partial charge in [-0.05, 0) is 60.9 Å². The molecule has 0 fully saturated rings. The predicted molar refractivity (Wildman–Crippen MR) is 137 cm³/mol. The predicted octanol–water partition coefficient (Wildman–Crippen LogP) is 2.24. The summed E-state index contributed by atoms with van der Waals surface area (Å²) in [6.45, 7) is 1.39. The SMILES string of the molecule is Cc1ccc(S(=O)(=O)N(CCc2ccccc2)CC(=O)N/N=C\c2ccc(OCC(N)=O)cc2)cc1. The van der Waals surface area contributed by atoms with Crippen molar-refractivity contribution in [1.82, 2.24) is 9.73 Å². The normalized spacial score (nSPS) is 11.5. The van der Waals surface area contributed by atoms with Gasteiger partial charge in [0, 0.05) is 6.54 Å². The van der Waals surface area contributed by atoms with E-state index in [0.29, 0.717) is 17.7 Å². The van der Waals surface area contributed by atoms with E-state index in [0.717, 1.165) is 15.4 Å². The summed E-state index contributed by atoms with van der Waals surface area (Å²) in [5.74, 6) is -0.688. The lowest BCUT2D eigenvalue weighted by atomic mass is 10.1. The standard InChI is InChI=1S/C26H28N4O5S/c1-20-7-13-24(14-8-20)36(33,34)30(16-15-21-5-3-2-4-6-21)18-26(32)29-28-17-22-9-11-23(12-10-22)35-19-25(27)31/h2-14,17H,15-16,18-19H2,1H3,(H2,27,31)(H,29,32)/b28-17-. The lowest BCUT2D eigenvalue weighted by molar-refractivity contribution is -0.121. The monoisotopic (exact) mass is 508 g/mol. The quantitative estimate of drug-likeness (QED) is 0.286. The van der Waals surface area contributed by atoms with Gasteiger partial charge in [0.05, 0.1) is 17.7 Å². The van der Waals surface area contributed by atoms with Crippen LogP contribution in [0.25, 0.3) is 0 Å². The molecule has 9 nitrogen and oxygen atoms in total. The van der Waals surface area contributed by atoms with Crippen LogP contribution in [0.4, 0.5) is 0 Å². The maximum Gasteiger partial charge on any atom is 0.255 e. The molecule has 0 saturated carbocycles. The maximum absolute atomic E-state index is 13.3. The Morgan fingerprint density at radius 3 is 2.31 bits per heavy atom. The average molecular weight is 509 g/mol. The van der Waals surface area contributed by atoms with Crippen molar-refractivity contribution in [3.8, 4) is 5.75 Å². The molecule has 0 radical (unpaired) electrons. The second-order valence-corrected chi connectivity index (χ2v) is 9.94. The number of sulfonamides is 1. The van der Waals surface area contributed by atoms with Crippen molar-refractivity contribution in [2.45, 2.75) is 18.2 Å². The number of nitrogens with zero attached hydrogens (tertiary/aromatic N) is 2. The Labute approximate surface area is 210 Å². The van der Waals surface area contributed by atoms with E-state index < -0.39 is 21.8 Å². The van der Waals surface area contributed by atoms with E-state index in [-0.39, 0.29) is 24.6 Å². The fraction of sp³-hybridized carbons (Fsp3) is 0.192. The third-order valence-electron chi connectivity index (χ3n) is 5.14. The number of hydrazone groups is 1. The third-order valence-corrected chi connectivity index (χ3v) is 6.99. The van der Waals surface area contributed by atoms with Gasteiger partial charge < -0.3 is 10.5 Å². The minimum atomic E-state index is -3.90. The van der Waals surface area contributed by atoms with Crippen LogP contribution in [-0.4, -0.2) is 50.4 Å². The molecule has 3 rings (SSSR count). The van der Waals surface area contributed by atoms with E-state index in [1.54, 1.807) is 36.4 Å². The second kappa shape index (κ2) is 12.6. The highest BCUT2D eigenvalue weighted by Gasteiger charge is 2.26. The number of aryl methyl sites for hydroxylation is 1. The van der Waals surface area contributed by atoms with E-state index in [2.05, 4.69) is 10.5 Å². The van der Waals surface area contributed by atoms with Gasteiger partial charge in [-0.2, -0.15) is 9.41 Å². The molecule has 188 valence electrons. The van der Waals surface area contributed by atoms with E-state index in [9.17, 15) is 18.0 Å². The molecule has 0 spiro atoms. The Hall–Kier alpha value is -4.02. The third kappa shape index (κ3) is 8.03. The molecular weight excluding hydrogens is 480 g/mol. The van der Waals surface area contributed by atoms with Gasteiger partial charge in [0.25, 0.3) is 11.8 Å². The van der Waals surface area contributed by atoms with Gasteiger partial charge in [-0.3, -0.25) is 9.59 Å². The molecule has 0 aliphatic heterocycles. The number of ether oxygens (including phenoxy) is 1. The fourth-order valence-electron chi connectivity index (χ4n) is 3.22. The first-order valence-electron chi connectivity index (χ1n) is 11.2. The zero-order chi connectivity index (χ0) is 26.0. The molecule has 3 aromatic rings. The zero-order valence-electron chi connectivity index (χ0n) is 19.8. The van der Waals surface area contributed by atoms with Crippen molar-refractivity contribution in [2.75, 3.05) is 19.7 Å². The molecule has 0 saturated heterocycles. The second-order valence-electron chi connectivity index (χ2n) is 8.00. The Morgan fingerprint density at radius 1 is 1.00 bits per heavy atom. The fourth-order valence-corrected chi connectivity index (χ4v) is 4.62. The van der Waals surface area contributed by atoms with Crippen molar-refractivity contribution >= 4 is 28.1 Å². The van der Waals surface area contributed by atoms with Crippen molar-refractivity contribution < 1.29 is 22.7 Å². The molecule has 0 aliphatic carbocycles. The number of nitrogens with two attached hydrogens (primary N) is 1. The molecule has 3 aromatic carbocycles. The van der Waals surface area contributed by atoms with Crippen LogP contribution in [0.2, 0.25) is 0 Å². The number of primary amides is 1. The largest absolute Gasteiger partial charge is 0.484 e. The molecule has 36 heavy (non-hydrogen) atoms. The Morgan fingerprint density at radius 2 is 1.67 bits per heavy atom. The van der Waals surface area contributed by atoms with E-state index in [1.165, 1.54) is 18.3 Å². The number of benzene rings is 3. The van der Waals surface area contributed by atoms with Crippen LogP contribution >= 0.6 is 0 Å². The lowest BCUT2D eigenvalue weighted by Gasteiger charge is -2.21. The molecule has 0 bridgehead atoms. The average Bonchev–Trinajstić information content (AvgIpc) is 2.87. The van der Waals surface area contributed by atoms with E-state index in [4.69, 9.17) is 10.5 Å². The highest BCUT2D eigenvalue weighted by molar-refractivity contribution is 7.89. The lowest BCUT2D eigenvalue weighted by Crippen LogP contribution is -2.40. The van der Waals surface area contributed by atoms with Crippen molar-refractivity contribution in [3.05, 3.63) is 95.6 Å². The number of carbonyl (C=O) groups is 2. The van der Waals surface area contributed by atoms with Crippen LogP contribution in [0.15, 0.2) is 88.9 Å². The molecule has 3 N–H and O–H groups in total. The smallest absolute Gasteiger partial charge is 0.255 e. The topological polar surface area (TPSA) is 131 Å².